The Bertz CT molecular complexity index is 872. The van der Waals surface area contributed by atoms with Gasteiger partial charge in [-0.3, -0.25) is 4.79 Å². The smallest absolute Gasteiger partial charge is 0.243 e. The second-order valence-electron chi connectivity index (χ2n) is 5.97. The number of benzene rings is 1. The monoisotopic (exact) mass is 381 g/mol. The summed E-state index contributed by atoms with van der Waals surface area (Å²) in [6, 6.07) is 4.97. The summed E-state index contributed by atoms with van der Waals surface area (Å²) >= 11 is 0. The highest BCUT2D eigenvalue weighted by atomic mass is 32.2. The van der Waals surface area contributed by atoms with E-state index in [2.05, 4.69) is 10.3 Å². The van der Waals surface area contributed by atoms with Crippen LogP contribution < -0.4 is 11.1 Å². The molecule has 0 saturated carbocycles. The SMILES string of the molecule is CCN(CC)S(=O)(=O)c1ccc2c(c1)nc(CCC(=O)NCCN)n2C. The molecule has 0 bridgehead atoms. The molecule has 1 heterocycles. The number of amides is 1. The summed E-state index contributed by atoms with van der Waals surface area (Å²) in [6.07, 6.45) is 0.779. The second-order valence-corrected chi connectivity index (χ2v) is 7.90. The summed E-state index contributed by atoms with van der Waals surface area (Å²) in [7, 11) is -1.66. The molecular formula is C17H27N5O3S. The fourth-order valence-corrected chi connectivity index (χ4v) is 4.33. The van der Waals surface area contributed by atoms with E-state index in [1.165, 1.54) is 4.31 Å². The number of hydrogen-bond donors (Lipinski definition) is 2. The van der Waals surface area contributed by atoms with Crippen molar-refractivity contribution in [2.75, 3.05) is 26.2 Å². The molecule has 2 aromatic rings. The third kappa shape index (κ3) is 4.22. The normalized spacial score (nSPS) is 12.0. The Balaban J connectivity index is 2.27. The van der Waals surface area contributed by atoms with Crippen LogP contribution in [0.2, 0.25) is 0 Å². The van der Waals surface area contributed by atoms with Crippen LogP contribution in [0.5, 0.6) is 0 Å². The highest BCUT2D eigenvalue weighted by Gasteiger charge is 2.22. The van der Waals surface area contributed by atoms with Gasteiger partial charge in [-0.2, -0.15) is 4.31 Å². The third-order valence-electron chi connectivity index (χ3n) is 4.33. The van der Waals surface area contributed by atoms with Gasteiger partial charge in [-0.1, -0.05) is 13.8 Å². The Morgan fingerprint density at radius 1 is 1.31 bits per heavy atom. The maximum Gasteiger partial charge on any atom is 0.243 e. The minimum atomic E-state index is -3.52. The topological polar surface area (TPSA) is 110 Å². The van der Waals surface area contributed by atoms with Crippen LogP contribution in [0.3, 0.4) is 0 Å². The number of carbonyl (C=O) groups excluding carboxylic acids is 1. The van der Waals surface area contributed by atoms with Crippen LogP contribution in [0.1, 0.15) is 26.1 Å². The molecule has 0 fully saturated rings. The quantitative estimate of drug-likeness (QED) is 0.661. The molecular weight excluding hydrogens is 354 g/mol. The molecule has 0 unspecified atom stereocenters. The number of nitrogens with zero attached hydrogens (tertiary/aromatic N) is 3. The summed E-state index contributed by atoms with van der Waals surface area (Å²) in [5, 5.41) is 2.72. The molecule has 3 N–H and O–H groups in total. The van der Waals surface area contributed by atoms with E-state index in [1.807, 2.05) is 25.5 Å². The molecule has 0 spiro atoms. The molecule has 1 amide bonds. The van der Waals surface area contributed by atoms with Gasteiger partial charge in [0.25, 0.3) is 0 Å². The van der Waals surface area contributed by atoms with Crippen LogP contribution in [0.15, 0.2) is 23.1 Å². The van der Waals surface area contributed by atoms with Crippen molar-refractivity contribution in [3.05, 3.63) is 24.0 Å². The molecule has 26 heavy (non-hydrogen) atoms. The van der Waals surface area contributed by atoms with Gasteiger partial charge in [-0.15, -0.1) is 0 Å². The number of sulfonamides is 1. The number of nitrogens with two attached hydrogens (primary N) is 1. The fraction of sp³-hybridized carbons (Fsp3) is 0.529. The van der Waals surface area contributed by atoms with Crippen molar-refractivity contribution in [1.29, 1.82) is 0 Å². The van der Waals surface area contributed by atoms with Crippen LogP contribution >= 0.6 is 0 Å². The minimum absolute atomic E-state index is 0.0766. The molecule has 8 nitrogen and oxygen atoms in total. The molecule has 1 aromatic carbocycles. The summed E-state index contributed by atoms with van der Waals surface area (Å²) in [6.45, 7) is 5.32. The lowest BCUT2D eigenvalue weighted by atomic mass is 10.3. The Labute approximate surface area is 154 Å². The predicted octanol–water partition coefficient (Wildman–Crippen LogP) is 0.611. The number of aryl methyl sites for hydroxylation is 2. The lowest BCUT2D eigenvalue weighted by Crippen LogP contribution is -2.30. The Hall–Kier alpha value is -1.97. The highest BCUT2D eigenvalue weighted by molar-refractivity contribution is 7.89. The van der Waals surface area contributed by atoms with Crippen LogP contribution in [0, 0.1) is 0 Å². The van der Waals surface area contributed by atoms with Gasteiger partial charge < -0.3 is 15.6 Å². The van der Waals surface area contributed by atoms with Crippen LogP contribution in [0.25, 0.3) is 11.0 Å². The standard InChI is InChI=1S/C17H27N5O3S/c1-4-22(5-2)26(24,25)13-6-7-15-14(12-13)20-16(21(15)3)8-9-17(23)19-11-10-18/h6-7,12H,4-5,8-11,18H2,1-3H3,(H,19,23). The fourth-order valence-electron chi connectivity index (χ4n) is 2.85. The van der Waals surface area contributed by atoms with Crippen LogP contribution in [0.4, 0.5) is 0 Å². The van der Waals surface area contributed by atoms with Crippen molar-refractivity contribution in [2.45, 2.75) is 31.6 Å². The zero-order chi connectivity index (χ0) is 19.3. The van der Waals surface area contributed by atoms with Gasteiger partial charge >= 0.3 is 0 Å². The van der Waals surface area contributed by atoms with Gasteiger partial charge in [0, 0.05) is 46.1 Å². The zero-order valence-electron chi connectivity index (χ0n) is 15.5. The van der Waals surface area contributed by atoms with E-state index in [0.717, 1.165) is 11.3 Å². The first-order chi connectivity index (χ1) is 12.3. The molecule has 2 rings (SSSR count). The van der Waals surface area contributed by atoms with Crippen molar-refractivity contribution in [2.24, 2.45) is 12.8 Å². The van der Waals surface area contributed by atoms with Crippen molar-refractivity contribution in [3.8, 4) is 0 Å². The van der Waals surface area contributed by atoms with E-state index in [4.69, 9.17) is 5.73 Å². The number of rotatable bonds is 9. The summed E-state index contributed by atoms with van der Waals surface area (Å²) in [5.74, 6) is 0.660. The molecule has 0 aliphatic rings. The number of imidazole rings is 1. The zero-order valence-corrected chi connectivity index (χ0v) is 16.3. The molecule has 0 saturated heterocycles. The van der Waals surface area contributed by atoms with E-state index < -0.39 is 10.0 Å². The predicted molar refractivity (Wildman–Crippen MR) is 101 cm³/mol. The highest BCUT2D eigenvalue weighted by Crippen LogP contribution is 2.22. The first-order valence-corrected chi connectivity index (χ1v) is 10.2. The third-order valence-corrected chi connectivity index (χ3v) is 6.38. The van der Waals surface area contributed by atoms with Crippen LogP contribution in [-0.4, -0.2) is 54.4 Å². The number of hydrogen-bond acceptors (Lipinski definition) is 5. The number of carbonyl (C=O) groups is 1. The van der Waals surface area contributed by atoms with E-state index >= 15 is 0 Å². The Morgan fingerprint density at radius 2 is 2.00 bits per heavy atom. The molecule has 0 atom stereocenters. The average Bonchev–Trinajstić information content (AvgIpc) is 2.94. The summed E-state index contributed by atoms with van der Waals surface area (Å²) in [4.78, 5) is 16.5. The first kappa shape index (κ1) is 20.3. The number of nitrogens with one attached hydrogen (secondary N) is 1. The Kier molecular flexibility index (Phi) is 6.74. The molecule has 0 aliphatic heterocycles. The van der Waals surface area contributed by atoms with Gasteiger partial charge in [0.15, 0.2) is 0 Å². The molecule has 9 heteroatoms. The summed E-state index contributed by atoms with van der Waals surface area (Å²) < 4.78 is 28.7. The van der Waals surface area contributed by atoms with Gasteiger partial charge in [0.2, 0.25) is 15.9 Å². The van der Waals surface area contributed by atoms with Crippen molar-refractivity contribution < 1.29 is 13.2 Å². The van der Waals surface area contributed by atoms with E-state index in [0.29, 0.717) is 44.5 Å². The van der Waals surface area contributed by atoms with E-state index in [9.17, 15) is 13.2 Å². The lowest BCUT2D eigenvalue weighted by Gasteiger charge is -2.18. The van der Waals surface area contributed by atoms with E-state index in [1.54, 1.807) is 18.2 Å². The molecule has 144 valence electrons. The van der Waals surface area contributed by atoms with Crippen molar-refractivity contribution >= 4 is 27.0 Å². The minimum Gasteiger partial charge on any atom is -0.355 e. The largest absolute Gasteiger partial charge is 0.355 e. The lowest BCUT2D eigenvalue weighted by molar-refractivity contribution is -0.121. The molecule has 1 aromatic heterocycles. The number of fused-ring (bicyclic) bond motifs is 1. The average molecular weight is 382 g/mol. The maximum atomic E-state index is 12.7. The molecule has 0 radical (unpaired) electrons. The van der Waals surface area contributed by atoms with Gasteiger partial charge in [-0.05, 0) is 18.2 Å². The Morgan fingerprint density at radius 3 is 2.62 bits per heavy atom. The summed E-state index contributed by atoms with van der Waals surface area (Å²) in [5.41, 5.74) is 6.81. The van der Waals surface area contributed by atoms with Gasteiger partial charge in [-0.25, -0.2) is 13.4 Å². The van der Waals surface area contributed by atoms with Gasteiger partial charge in [0.1, 0.15) is 5.82 Å². The number of aromatic nitrogens is 2. The molecule has 0 aliphatic carbocycles. The van der Waals surface area contributed by atoms with E-state index in [-0.39, 0.29) is 10.8 Å². The first-order valence-electron chi connectivity index (χ1n) is 8.77. The second kappa shape index (κ2) is 8.61. The van der Waals surface area contributed by atoms with Crippen LogP contribution in [-0.2, 0) is 28.3 Å². The van der Waals surface area contributed by atoms with Crippen molar-refractivity contribution in [1.82, 2.24) is 19.2 Å². The van der Waals surface area contributed by atoms with Crippen molar-refractivity contribution in [3.63, 3.8) is 0 Å². The van der Waals surface area contributed by atoms with Gasteiger partial charge in [0.05, 0.1) is 15.9 Å². The maximum absolute atomic E-state index is 12.7.